The third-order valence-corrected chi connectivity index (χ3v) is 4.72. The van der Waals surface area contributed by atoms with Crippen LogP contribution in [-0.2, 0) is 4.74 Å². The molecule has 9 heteroatoms. The first kappa shape index (κ1) is 19.2. The maximum absolute atomic E-state index is 12.6. The van der Waals surface area contributed by atoms with Crippen molar-refractivity contribution in [1.82, 2.24) is 4.98 Å². The number of benzene rings is 1. The van der Waals surface area contributed by atoms with Crippen LogP contribution in [0.25, 0.3) is 11.5 Å². The monoisotopic (exact) mass is 398 g/mol. The number of aliphatic hydroxyl groups is 3. The number of nitrogens with zero attached hydrogens (tertiary/aromatic N) is 2. The van der Waals surface area contributed by atoms with Gasteiger partial charge in [-0.1, -0.05) is 0 Å². The zero-order chi connectivity index (χ0) is 20.4. The summed E-state index contributed by atoms with van der Waals surface area (Å²) in [7, 11) is 0. The molecule has 2 unspecified atom stereocenters. The van der Waals surface area contributed by atoms with Crippen molar-refractivity contribution >= 4 is 11.6 Å². The Morgan fingerprint density at radius 2 is 1.97 bits per heavy atom. The normalized spacial score (nSPS) is 23.8. The van der Waals surface area contributed by atoms with E-state index in [1.807, 2.05) is 0 Å². The maximum Gasteiger partial charge on any atom is 0.292 e. The minimum absolute atomic E-state index is 0.335. The minimum Gasteiger partial charge on any atom is -0.445 e. The van der Waals surface area contributed by atoms with Gasteiger partial charge in [0.15, 0.2) is 18.5 Å². The molecule has 0 radical (unpaired) electrons. The van der Waals surface area contributed by atoms with Crippen molar-refractivity contribution < 1.29 is 33.8 Å². The molecule has 9 nitrogen and oxygen atoms in total. The van der Waals surface area contributed by atoms with Crippen molar-refractivity contribution in [2.24, 2.45) is 0 Å². The summed E-state index contributed by atoms with van der Waals surface area (Å²) < 4.78 is 12.2. The Morgan fingerprint density at radius 1 is 1.17 bits per heavy atom. The Bertz CT molecular complexity index is 976. The van der Waals surface area contributed by atoms with Crippen LogP contribution in [0, 0.1) is 0 Å². The number of oxazole rings is 1. The van der Waals surface area contributed by atoms with E-state index in [0.29, 0.717) is 17.1 Å². The summed E-state index contributed by atoms with van der Waals surface area (Å²) in [6.07, 6.45) is 1.94. The molecular formula is C20H20N3O6+. The van der Waals surface area contributed by atoms with Crippen LogP contribution in [0.15, 0.2) is 65.7 Å². The second-order valence-electron chi connectivity index (χ2n) is 6.64. The summed E-state index contributed by atoms with van der Waals surface area (Å²) >= 11 is 0. The van der Waals surface area contributed by atoms with Crippen molar-refractivity contribution in [1.29, 1.82) is 0 Å². The number of nitrogens with one attached hydrogen (secondary N) is 1. The maximum atomic E-state index is 12.6. The number of amides is 1. The molecule has 1 saturated heterocycles. The van der Waals surface area contributed by atoms with E-state index in [4.69, 9.17) is 9.15 Å². The molecule has 1 aliphatic heterocycles. The van der Waals surface area contributed by atoms with E-state index in [1.165, 1.54) is 17.0 Å². The van der Waals surface area contributed by atoms with Gasteiger partial charge in [0, 0.05) is 17.3 Å². The molecule has 4 rings (SSSR count). The molecule has 1 aromatic carbocycles. The number of hydrogen-bond acceptors (Lipinski definition) is 7. The first-order valence-corrected chi connectivity index (χ1v) is 9.01. The van der Waals surface area contributed by atoms with Crippen molar-refractivity contribution in [3.8, 4) is 11.5 Å². The number of pyridine rings is 1. The van der Waals surface area contributed by atoms with Gasteiger partial charge in [-0.25, -0.2) is 4.98 Å². The van der Waals surface area contributed by atoms with E-state index in [-0.39, 0.29) is 5.91 Å². The smallest absolute Gasteiger partial charge is 0.292 e. The molecule has 29 heavy (non-hydrogen) atoms. The van der Waals surface area contributed by atoms with Crippen LogP contribution in [0.3, 0.4) is 0 Å². The molecule has 1 aliphatic rings. The van der Waals surface area contributed by atoms with Crippen LogP contribution in [0.4, 0.5) is 5.69 Å². The molecule has 4 N–H and O–H groups in total. The zero-order valence-corrected chi connectivity index (χ0v) is 15.3. The summed E-state index contributed by atoms with van der Waals surface area (Å²) in [5.41, 5.74) is 1.71. The van der Waals surface area contributed by atoms with E-state index in [9.17, 15) is 20.1 Å². The Hall–Kier alpha value is -3.11. The van der Waals surface area contributed by atoms with Crippen LogP contribution in [0.2, 0.25) is 0 Å². The van der Waals surface area contributed by atoms with Crippen molar-refractivity contribution in [3.05, 3.63) is 66.8 Å². The van der Waals surface area contributed by atoms with E-state index < -0.39 is 31.1 Å². The number of carbonyl (C=O) groups is 1. The fraction of sp³-hybridized carbons (Fsp3) is 0.250. The Balaban J connectivity index is 1.48. The van der Waals surface area contributed by atoms with Gasteiger partial charge in [0.05, 0.1) is 12.8 Å². The van der Waals surface area contributed by atoms with Crippen LogP contribution in [-0.4, -0.2) is 51.1 Å². The second kappa shape index (κ2) is 8.10. The fourth-order valence-corrected chi connectivity index (χ4v) is 3.18. The van der Waals surface area contributed by atoms with Crippen molar-refractivity contribution in [2.75, 3.05) is 11.9 Å². The summed E-state index contributed by atoms with van der Waals surface area (Å²) in [5, 5.41) is 32.1. The highest BCUT2D eigenvalue weighted by molar-refractivity contribution is 6.03. The fourth-order valence-electron chi connectivity index (χ4n) is 3.18. The Morgan fingerprint density at radius 3 is 2.62 bits per heavy atom. The summed E-state index contributed by atoms with van der Waals surface area (Å²) in [4.78, 5) is 16.7. The number of hydrogen-bond donors (Lipinski definition) is 4. The number of aliphatic hydroxyl groups excluding tert-OH is 3. The van der Waals surface area contributed by atoms with E-state index in [0.717, 1.165) is 5.56 Å². The van der Waals surface area contributed by atoms with Crippen molar-refractivity contribution in [3.63, 3.8) is 0 Å². The quantitative estimate of drug-likeness (QED) is 0.461. The highest BCUT2D eigenvalue weighted by atomic mass is 16.6. The van der Waals surface area contributed by atoms with E-state index in [2.05, 4.69) is 10.3 Å². The summed E-state index contributed by atoms with van der Waals surface area (Å²) in [5.74, 6) is 0.139. The lowest BCUT2D eigenvalue weighted by Gasteiger charge is -2.11. The molecule has 3 aromatic rings. The first-order chi connectivity index (χ1) is 14.1. The Kier molecular flexibility index (Phi) is 5.36. The molecule has 0 saturated carbocycles. The summed E-state index contributed by atoms with van der Waals surface area (Å²) in [6.45, 7) is -0.418. The van der Waals surface area contributed by atoms with Crippen LogP contribution in [0.5, 0.6) is 0 Å². The Labute approximate surface area is 165 Å². The number of ether oxygens (including phenoxy) is 1. The van der Waals surface area contributed by atoms with Gasteiger partial charge in [0.1, 0.15) is 24.0 Å². The largest absolute Gasteiger partial charge is 0.445 e. The highest BCUT2D eigenvalue weighted by Crippen LogP contribution is 2.25. The van der Waals surface area contributed by atoms with Crippen LogP contribution in [0.1, 0.15) is 16.6 Å². The van der Waals surface area contributed by atoms with Gasteiger partial charge in [0.25, 0.3) is 12.1 Å². The second-order valence-corrected chi connectivity index (χ2v) is 6.64. The van der Waals surface area contributed by atoms with Gasteiger partial charge in [-0.3, -0.25) is 4.79 Å². The SMILES string of the molecule is O=C(Nc1ccc(-c2ncco2)cc1)c1ccc[n+](C2OC(CO)[C@@H](O)[C@H]2O)c1. The molecule has 4 atom stereocenters. The minimum atomic E-state index is -1.22. The molecular weight excluding hydrogens is 378 g/mol. The molecule has 150 valence electrons. The predicted molar refractivity (Wildman–Crippen MR) is 99.5 cm³/mol. The number of aromatic nitrogens is 2. The third-order valence-electron chi connectivity index (χ3n) is 4.72. The molecule has 1 amide bonds. The van der Waals surface area contributed by atoms with Crippen LogP contribution < -0.4 is 9.88 Å². The number of anilines is 1. The van der Waals surface area contributed by atoms with E-state index in [1.54, 1.807) is 48.8 Å². The molecule has 0 aliphatic carbocycles. The van der Waals surface area contributed by atoms with Gasteiger partial charge in [-0.05, 0) is 30.3 Å². The van der Waals surface area contributed by atoms with Gasteiger partial charge < -0.3 is 29.8 Å². The zero-order valence-electron chi connectivity index (χ0n) is 15.3. The predicted octanol–water partition coefficient (Wildman–Crippen LogP) is 0.493. The molecule has 0 bridgehead atoms. The first-order valence-electron chi connectivity index (χ1n) is 9.01. The standard InChI is InChI=1S/C20H19N3O6/c24-11-15-16(25)17(26)20(29-15)23-8-1-2-13(10-23)18(27)22-14-5-3-12(4-6-14)19-21-7-9-28-19/h1-10,15-17,20,24-26H,11H2/p+1/t15?,16-,17-,20?/m1/s1. The topological polar surface area (TPSA) is 129 Å². The highest BCUT2D eigenvalue weighted by Gasteiger charge is 2.48. The van der Waals surface area contributed by atoms with Gasteiger partial charge in [-0.2, -0.15) is 4.57 Å². The number of rotatable bonds is 5. The molecule has 1 fully saturated rings. The third kappa shape index (κ3) is 3.89. The van der Waals surface area contributed by atoms with Gasteiger partial charge in [0.2, 0.25) is 5.89 Å². The lowest BCUT2D eigenvalue weighted by molar-refractivity contribution is -0.765. The van der Waals surface area contributed by atoms with Crippen LogP contribution >= 0.6 is 0 Å². The lowest BCUT2D eigenvalue weighted by Crippen LogP contribution is -2.46. The van der Waals surface area contributed by atoms with E-state index >= 15 is 0 Å². The van der Waals surface area contributed by atoms with Crippen molar-refractivity contribution in [2.45, 2.75) is 24.5 Å². The van der Waals surface area contributed by atoms with Gasteiger partial charge in [-0.15, -0.1) is 0 Å². The number of carbonyl (C=O) groups excluding carboxylic acids is 1. The molecule has 3 heterocycles. The molecule has 2 aromatic heterocycles. The lowest BCUT2D eigenvalue weighted by atomic mass is 10.1. The van der Waals surface area contributed by atoms with Gasteiger partial charge >= 0.3 is 0 Å². The average Bonchev–Trinajstić information content (AvgIpc) is 3.38. The average molecular weight is 398 g/mol. The molecule has 0 spiro atoms. The summed E-state index contributed by atoms with van der Waals surface area (Å²) in [6, 6.07) is 10.3.